The third-order valence-electron chi connectivity index (χ3n) is 7.24. The van der Waals surface area contributed by atoms with E-state index in [2.05, 4.69) is 10.3 Å². The molecule has 164 valence electrons. The lowest BCUT2D eigenvalue weighted by atomic mass is 9.96. The standard InChI is InChI=1S/C25H19N3O5/c29-15-9-14(22(30)23(15)31)28-13-8-4-2-6-11(13)17-19-18(24(32)27-25(19)33)16-10-5-1-3-7-12(10)26-20(16)21(17)28/h1-8,14-15,22-23,26,29-31H,9H2,(H,27,32,33)/t14?,15-,22+,23-/m1/s1. The fraction of sp³-hybridized carbons (Fsp3) is 0.200. The highest BCUT2D eigenvalue weighted by molar-refractivity contribution is 6.39. The Bertz CT molecular complexity index is 1680. The van der Waals surface area contributed by atoms with Crippen molar-refractivity contribution >= 4 is 55.4 Å². The summed E-state index contributed by atoms with van der Waals surface area (Å²) in [6, 6.07) is 14.4. The molecule has 2 amide bonds. The van der Waals surface area contributed by atoms with E-state index in [0.29, 0.717) is 32.9 Å². The number of para-hydroxylation sites is 2. The summed E-state index contributed by atoms with van der Waals surface area (Å²) in [4.78, 5) is 29.4. The van der Waals surface area contributed by atoms with Gasteiger partial charge in [0.2, 0.25) is 0 Å². The molecule has 2 aromatic heterocycles. The van der Waals surface area contributed by atoms with Gasteiger partial charge in [0.1, 0.15) is 12.2 Å². The zero-order valence-electron chi connectivity index (χ0n) is 17.2. The maximum Gasteiger partial charge on any atom is 0.259 e. The third kappa shape index (κ3) is 2.20. The lowest BCUT2D eigenvalue weighted by Crippen LogP contribution is -2.31. The van der Waals surface area contributed by atoms with E-state index in [0.717, 1.165) is 21.8 Å². The molecule has 33 heavy (non-hydrogen) atoms. The van der Waals surface area contributed by atoms with E-state index in [1.807, 2.05) is 53.1 Å². The Labute approximate surface area is 186 Å². The van der Waals surface area contributed by atoms with Gasteiger partial charge in [0.05, 0.1) is 34.3 Å². The molecule has 1 unspecified atom stereocenters. The number of rotatable bonds is 1. The number of H-pyrrole nitrogens is 1. The van der Waals surface area contributed by atoms with E-state index < -0.39 is 36.2 Å². The fourth-order valence-corrected chi connectivity index (χ4v) is 5.86. The van der Waals surface area contributed by atoms with Crippen LogP contribution in [-0.4, -0.2) is 55.0 Å². The van der Waals surface area contributed by atoms with Crippen LogP contribution in [0.2, 0.25) is 0 Å². The van der Waals surface area contributed by atoms with Gasteiger partial charge in [-0.1, -0.05) is 36.4 Å². The van der Waals surface area contributed by atoms with E-state index >= 15 is 0 Å². The van der Waals surface area contributed by atoms with Gasteiger partial charge < -0.3 is 24.9 Å². The van der Waals surface area contributed by atoms with E-state index in [1.54, 1.807) is 0 Å². The molecular formula is C25H19N3O5. The van der Waals surface area contributed by atoms with Crippen LogP contribution in [0, 0.1) is 0 Å². The van der Waals surface area contributed by atoms with Crippen molar-refractivity contribution in [3.63, 3.8) is 0 Å². The molecule has 0 bridgehead atoms. The smallest absolute Gasteiger partial charge is 0.259 e. The highest BCUT2D eigenvalue weighted by atomic mass is 16.4. The minimum Gasteiger partial charge on any atom is -0.390 e. The molecule has 0 spiro atoms. The van der Waals surface area contributed by atoms with Gasteiger partial charge in [0, 0.05) is 32.6 Å². The number of fused-ring (bicyclic) bond motifs is 10. The van der Waals surface area contributed by atoms with Gasteiger partial charge in [-0.05, 0) is 18.6 Å². The second-order valence-corrected chi connectivity index (χ2v) is 8.92. The molecule has 0 radical (unpaired) electrons. The van der Waals surface area contributed by atoms with Crippen molar-refractivity contribution in [1.29, 1.82) is 0 Å². The zero-order valence-corrected chi connectivity index (χ0v) is 17.2. The maximum absolute atomic E-state index is 13.1. The topological polar surface area (TPSA) is 128 Å². The first-order valence-corrected chi connectivity index (χ1v) is 10.9. The van der Waals surface area contributed by atoms with Gasteiger partial charge in [-0.15, -0.1) is 0 Å². The Morgan fingerprint density at radius 3 is 2.21 bits per heavy atom. The van der Waals surface area contributed by atoms with Gasteiger partial charge in [0.15, 0.2) is 0 Å². The molecule has 1 aliphatic carbocycles. The number of carbonyl (C=O) groups is 2. The van der Waals surface area contributed by atoms with Crippen molar-refractivity contribution in [3.05, 3.63) is 59.7 Å². The summed E-state index contributed by atoms with van der Waals surface area (Å²) in [7, 11) is 0. The largest absolute Gasteiger partial charge is 0.390 e. The maximum atomic E-state index is 13.1. The lowest BCUT2D eigenvalue weighted by Gasteiger charge is -2.21. The first kappa shape index (κ1) is 18.8. The summed E-state index contributed by atoms with van der Waals surface area (Å²) in [5.41, 5.74) is 3.56. The number of aromatic nitrogens is 2. The minimum absolute atomic E-state index is 0.153. The molecule has 1 saturated carbocycles. The van der Waals surface area contributed by atoms with Crippen LogP contribution in [0.4, 0.5) is 0 Å². The van der Waals surface area contributed by atoms with Gasteiger partial charge in [-0.25, -0.2) is 0 Å². The van der Waals surface area contributed by atoms with Crippen LogP contribution in [0.1, 0.15) is 33.2 Å². The Hall–Kier alpha value is -3.72. The van der Waals surface area contributed by atoms with Crippen molar-refractivity contribution in [1.82, 2.24) is 14.9 Å². The van der Waals surface area contributed by atoms with E-state index in [9.17, 15) is 24.9 Å². The molecule has 5 aromatic rings. The SMILES string of the molecule is O=C1NC(=O)c2c1c1c3ccccc3[nH]c1c1c2c2ccccc2n1C1C[C@@H](O)[C@@H](O)[C@H]1O. The summed E-state index contributed by atoms with van der Waals surface area (Å²) < 4.78 is 1.91. The number of nitrogens with zero attached hydrogens (tertiary/aromatic N) is 1. The highest BCUT2D eigenvalue weighted by Crippen LogP contribution is 2.46. The number of amides is 2. The summed E-state index contributed by atoms with van der Waals surface area (Å²) in [5.74, 6) is -0.891. The average Bonchev–Trinajstić information content (AvgIpc) is 3.51. The van der Waals surface area contributed by atoms with Gasteiger partial charge in [0.25, 0.3) is 11.8 Å². The number of aliphatic hydroxyl groups excluding tert-OH is 3. The summed E-state index contributed by atoms with van der Waals surface area (Å²) in [6.07, 6.45) is -3.38. The van der Waals surface area contributed by atoms with Crippen molar-refractivity contribution in [3.8, 4) is 0 Å². The first-order valence-electron chi connectivity index (χ1n) is 10.9. The van der Waals surface area contributed by atoms with Crippen LogP contribution in [0.15, 0.2) is 48.5 Å². The number of hydrogen-bond donors (Lipinski definition) is 5. The van der Waals surface area contributed by atoms with E-state index in [1.165, 1.54) is 0 Å². The van der Waals surface area contributed by atoms with Crippen LogP contribution in [0.3, 0.4) is 0 Å². The molecule has 2 aliphatic rings. The Kier molecular flexibility index (Phi) is 3.53. The molecule has 1 aliphatic heterocycles. The molecule has 7 rings (SSSR count). The molecule has 3 aromatic carbocycles. The molecule has 3 heterocycles. The zero-order chi connectivity index (χ0) is 22.6. The predicted molar refractivity (Wildman–Crippen MR) is 122 cm³/mol. The second-order valence-electron chi connectivity index (χ2n) is 8.92. The summed E-state index contributed by atoms with van der Waals surface area (Å²) >= 11 is 0. The number of aromatic amines is 1. The Balaban J connectivity index is 1.77. The van der Waals surface area contributed by atoms with Crippen LogP contribution in [0.25, 0.3) is 43.6 Å². The van der Waals surface area contributed by atoms with Gasteiger partial charge >= 0.3 is 0 Å². The molecule has 8 heteroatoms. The fourth-order valence-electron chi connectivity index (χ4n) is 5.86. The normalized spacial score (nSPS) is 25.1. The Morgan fingerprint density at radius 1 is 0.818 bits per heavy atom. The van der Waals surface area contributed by atoms with Crippen LogP contribution >= 0.6 is 0 Å². The molecule has 8 nitrogen and oxygen atoms in total. The quantitative estimate of drug-likeness (QED) is 0.255. The highest BCUT2D eigenvalue weighted by Gasteiger charge is 2.44. The molecule has 1 fully saturated rings. The van der Waals surface area contributed by atoms with Gasteiger partial charge in [-0.2, -0.15) is 0 Å². The Morgan fingerprint density at radius 2 is 1.48 bits per heavy atom. The van der Waals surface area contributed by atoms with Gasteiger partial charge in [-0.3, -0.25) is 14.9 Å². The molecule has 4 atom stereocenters. The van der Waals surface area contributed by atoms with Crippen LogP contribution in [-0.2, 0) is 0 Å². The van der Waals surface area contributed by atoms with Crippen LogP contribution < -0.4 is 5.32 Å². The monoisotopic (exact) mass is 441 g/mol. The number of imide groups is 1. The number of nitrogens with one attached hydrogen (secondary N) is 2. The minimum atomic E-state index is -1.27. The molecule has 0 saturated heterocycles. The van der Waals surface area contributed by atoms with Crippen molar-refractivity contribution in [2.45, 2.75) is 30.8 Å². The number of carbonyl (C=O) groups excluding carboxylic acids is 2. The number of hydrogen-bond acceptors (Lipinski definition) is 5. The number of aliphatic hydroxyl groups is 3. The average molecular weight is 441 g/mol. The number of benzene rings is 3. The summed E-state index contributed by atoms with van der Waals surface area (Å²) in [6.45, 7) is 0. The summed E-state index contributed by atoms with van der Waals surface area (Å²) in [5, 5.41) is 36.8. The van der Waals surface area contributed by atoms with Crippen molar-refractivity contribution in [2.75, 3.05) is 0 Å². The van der Waals surface area contributed by atoms with E-state index in [-0.39, 0.29) is 6.42 Å². The van der Waals surface area contributed by atoms with Crippen molar-refractivity contribution < 1.29 is 24.9 Å². The second kappa shape index (κ2) is 6.20. The third-order valence-corrected chi connectivity index (χ3v) is 7.24. The van der Waals surface area contributed by atoms with E-state index in [4.69, 9.17) is 0 Å². The van der Waals surface area contributed by atoms with Crippen molar-refractivity contribution in [2.24, 2.45) is 0 Å². The first-order chi connectivity index (χ1) is 16.0. The molecule has 5 N–H and O–H groups in total. The lowest BCUT2D eigenvalue weighted by molar-refractivity contribution is -0.0241. The predicted octanol–water partition coefficient (Wildman–Crippen LogP) is 2.34. The molecular weight excluding hydrogens is 422 g/mol. The van der Waals surface area contributed by atoms with Crippen LogP contribution in [0.5, 0.6) is 0 Å².